The van der Waals surface area contributed by atoms with Gasteiger partial charge in [0.1, 0.15) is 11.5 Å². The Labute approximate surface area is 304 Å². The van der Waals surface area contributed by atoms with E-state index in [4.69, 9.17) is 18.6 Å². The van der Waals surface area contributed by atoms with E-state index in [1.807, 2.05) is 6.07 Å². The number of aliphatic hydroxyl groups is 2. The van der Waals surface area contributed by atoms with Crippen molar-refractivity contribution in [2.75, 3.05) is 35.7 Å². The van der Waals surface area contributed by atoms with Crippen molar-refractivity contribution >= 4 is 51.4 Å². The summed E-state index contributed by atoms with van der Waals surface area (Å²) in [6.45, 7) is 9.36. The largest absolute Gasteiger partial charge is 0.395 e. The number of rotatable bonds is 15. The topological polar surface area (TPSA) is 221 Å². The Kier molecular flexibility index (Phi) is 11.9. The molecule has 0 radical (unpaired) electrons. The summed E-state index contributed by atoms with van der Waals surface area (Å²) in [7, 11) is 0. The van der Waals surface area contributed by atoms with E-state index < -0.39 is 34.3 Å². The normalized spacial score (nSPS) is 12.6. The standard InChI is InChI=1S/C34H40N8O8S2/c1-20-6-8-22(32(45)35-10-12-43)16-27(20)49-51(47)40-25-14-24(31-37-30-19-29(34(3,4)5)38-42(30)39-31)15-26(18-25)41-52(48)50-28-17-23(9-7-21(28)2)33(46)36-11-13-44/h6-9,14-19,38,40-41,43-44H,10-13H2,1-5H3,(H,35,45)(H,36,46). The van der Waals surface area contributed by atoms with E-state index in [2.05, 4.69) is 56.0 Å². The Bertz CT molecular complexity index is 2010. The number of anilines is 2. The molecule has 0 aliphatic rings. The molecule has 2 unspecified atom stereocenters. The molecule has 0 aliphatic heterocycles. The second-order valence-corrected chi connectivity index (χ2v) is 14.4. The highest BCUT2D eigenvalue weighted by Gasteiger charge is 2.20. The van der Waals surface area contributed by atoms with Crippen LogP contribution in [-0.2, 0) is 27.9 Å². The second kappa shape index (κ2) is 16.4. The van der Waals surface area contributed by atoms with Crippen LogP contribution in [0.5, 0.6) is 11.5 Å². The molecule has 5 aromatic rings. The fourth-order valence-electron chi connectivity index (χ4n) is 4.76. The van der Waals surface area contributed by atoms with Crippen LogP contribution in [0.15, 0.2) is 60.7 Å². The van der Waals surface area contributed by atoms with Crippen LogP contribution >= 0.6 is 0 Å². The van der Waals surface area contributed by atoms with Gasteiger partial charge < -0.3 is 29.2 Å². The Morgan fingerprint density at radius 2 is 1.29 bits per heavy atom. The molecule has 0 fully saturated rings. The summed E-state index contributed by atoms with van der Waals surface area (Å²) in [5.74, 6) is -0.169. The molecule has 2 heterocycles. The molecule has 2 amide bonds. The zero-order valence-electron chi connectivity index (χ0n) is 29.1. The van der Waals surface area contributed by atoms with Crippen molar-refractivity contribution in [3.05, 3.63) is 88.6 Å². The first kappa shape index (κ1) is 37.9. The Hall–Kier alpha value is -5.30. The maximum absolute atomic E-state index is 13.3. The minimum atomic E-state index is -2.17. The highest BCUT2D eigenvalue weighted by molar-refractivity contribution is 7.82. The number of carbonyl (C=O) groups excluding carboxylic acids is 2. The molecular formula is C34H40N8O8S2. The van der Waals surface area contributed by atoms with Crippen molar-refractivity contribution in [3.8, 4) is 22.9 Å². The highest BCUT2D eigenvalue weighted by atomic mass is 32.2. The van der Waals surface area contributed by atoms with E-state index in [1.165, 1.54) is 18.2 Å². The van der Waals surface area contributed by atoms with Crippen LogP contribution in [0.1, 0.15) is 58.3 Å². The van der Waals surface area contributed by atoms with Crippen LogP contribution < -0.4 is 28.4 Å². The number of aliphatic hydroxyl groups excluding tert-OH is 2. The first-order valence-electron chi connectivity index (χ1n) is 16.1. The summed E-state index contributed by atoms with van der Waals surface area (Å²) >= 11 is -4.34. The first-order valence-corrected chi connectivity index (χ1v) is 18.2. The molecule has 2 aromatic heterocycles. The lowest BCUT2D eigenvalue weighted by Crippen LogP contribution is -2.26. The quantitative estimate of drug-likeness (QED) is 0.0828. The molecule has 0 saturated heterocycles. The number of benzene rings is 3. The molecule has 7 N–H and O–H groups in total. The zero-order valence-corrected chi connectivity index (χ0v) is 30.7. The summed E-state index contributed by atoms with van der Waals surface area (Å²) in [5.41, 5.74) is 4.10. The third-order valence-electron chi connectivity index (χ3n) is 7.56. The van der Waals surface area contributed by atoms with Crippen molar-refractivity contribution in [3.63, 3.8) is 0 Å². The van der Waals surface area contributed by atoms with Gasteiger partial charge in [-0.2, -0.15) is 13.0 Å². The second-order valence-electron chi connectivity index (χ2n) is 12.7. The molecule has 18 heteroatoms. The van der Waals surface area contributed by atoms with E-state index >= 15 is 0 Å². The summed E-state index contributed by atoms with van der Waals surface area (Å²) in [5, 5.41) is 31.0. The summed E-state index contributed by atoms with van der Waals surface area (Å²) in [6.07, 6.45) is 0. The van der Waals surface area contributed by atoms with Gasteiger partial charge >= 0.3 is 22.5 Å². The molecule has 276 valence electrons. The highest BCUT2D eigenvalue weighted by Crippen LogP contribution is 2.30. The average Bonchev–Trinajstić information content (AvgIpc) is 3.68. The number of H-pyrrole nitrogens is 1. The van der Waals surface area contributed by atoms with Crippen molar-refractivity contribution in [1.82, 2.24) is 30.4 Å². The number of aromatic nitrogens is 4. The monoisotopic (exact) mass is 752 g/mol. The third-order valence-corrected chi connectivity index (χ3v) is 9.03. The number of fused-ring (bicyclic) bond motifs is 1. The number of amides is 2. The fourth-order valence-corrected chi connectivity index (χ4v) is 6.15. The Morgan fingerprint density at radius 1 is 0.788 bits per heavy atom. The molecule has 0 saturated carbocycles. The van der Waals surface area contributed by atoms with Gasteiger partial charge in [0.15, 0.2) is 11.5 Å². The van der Waals surface area contributed by atoms with Gasteiger partial charge in [-0.25, -0.2) is 4.98 Å². The molecular weight excluding hydrogens is 713 g/mol. The number of carbonyl (C=O) groups is 2. The SMILES string of the molecule is Cc1ccc(C(=O)NCCO)cc1OS(=O)Nc1cc(NS(=O)Oc2cc(C(=O)NCCO)ccc2C)cc(-c2nc3cc(C(C)(C)C)[nH]n3n2)c1. The molecule has 0 spiro atoms. The number of hydrogen-bond donors (Lipinski definition) is 7. The maximum Gasteiger partial charge on any atom is 0.316 e. The van der Waals surface area contributed by atoms with Crippen LogP contribution in [0, 0.1) is 13.8 Å². The number of aryl methyl sites for hydroxylation is 2. The van der Waals surface area contributed by atoms with Gasteiger partial charge in [-0.15, -0.1) is 5.10 Å². The molecule has 0 bridgehead atoms. The average molecular weight is 753 g/mol. The number of nitrogens with one attached hydrogen (secondary N) is 5. The van der Waals surface area contributed by atoms with E-state index in [0.717, 1.165) is 5.69 Å². The zero-order chi connectivity index (χ0) is 37.6. The molecule has 0 aliphatic carbocycles. The minimum Gasteiger partial charge on any atom is -0.395 e. The van der Waals surface area contributed by atoms with E-state index in [1.54, 1.807) is 54.9 Å². The lowest BCUT2D eigenvalue weighted by atomic mass is 9.93. The van der Waals surface area contributed by atoms with Crippen LogP contribution in [0.3, 0.4) is 0 Å². The summed E-state index contributed by atoms with van der Waals surface area (Å²) in [6, 6.07) is 16.1. The van der Waals surface area contributed by atoms with E-state index in [9.17, 15) is 18.0 Å². The van der Waals surface area contributed by atoms with Crippen molar-refractivity contribution < 1.29 is 36.6 Å². The fraction of sp³-hybridized carbons (Fsp3) is 0.294. The van der Waals surface area contributed by atoms with Crippen molar-refractivity contribution in [2.45, 2.75) is 40.0 Å². The molecule has 16 nitrogen and oxygen atoms in total. The molecule has 5 rings (SSSR count). The summed E-state index contributed by atoms with van der Waals surface area (Å²) < 4.78 is 45.0. The van der Waals surface area contributed by atoms with Crippen molar-refractivity contribution in [2.24, 2.45) is 0 Å². The molecule has 52 heavy (non-hydrogen) atoms. The maximum atomic E-state index is 13.3. The van der Waals surface area contributed by atoms with Crippen LogP contribution in [-0.4, -0.2) is 76.6 Å². The number of hydrogen-bond acceptors (Lipinski definition) is 10. The molecule has 3 aromatic carbocycles. The number of nitrogens with zero attached hydrogens (tertiary/aromatic N) is 3. The Morgan fingerprint density at radius 3 is 1.73 bits per heavy atom. The van der Waals surface area contributed by atoms with Gasteiger partial charge in [-0.05, 0) is 67.4 Å². The van der Waals surface area contributed by atoms with Crippen molar-refractivity contribution in [1.29, 1.82) is 0 Å². The lowest BCUT2D eigenvalue weighted by molar-refractivity contribution is 0.0937. The van der Waals surface area contributed by atoms with Gasteiger partial charge in [-0.1, -0.05) is 32.9 Å². The first-order chi connectivity index (χ1) is 24.7. The Balaban J connectivity index is 1.41. The predicted molar refractivity (Wildman–Crippen MR) is 197 cm³/mol. The third kappa shape index (κ3) is 9.52. The van der Waals surface area contributed by atoms with E-state index in [0.29, 0.717) is 28.2 Å². The number of aromatic amines is 1. The van der Waals surface area contributed by atoms with Gasteiger partial charge in [0, 0.05) is 47.0 Å². The van der Waals surface area contributed by atoms with Gasteiger partial charge in [0.05, 0.1) is 24.6 Å². The minimum absolute atomic E-state index is 0.0756. The van der Waals surface area contributed by atoms with Crippen LogP contribution in [0.4, 0.5) is 11.4 Å². The van der Waals surface area contributed by atoms with Gasteiger partial charge in [0.2, 0.25) is 0 Å². The lowest BCUT2D eigenvalue weighted by Gasteiger charge is -2.15. The predicted octanol–water partition coefficient (Wildman–Crippen LogP) is 3.22. The smallest absolute Gasteiger partial charge is 0.316 e. The van der Waals surface area contributed by atoms with Crippen LogP contribution in [0.25, 0.3) is 17.0 Å². The summed E-state index contributed by atoms with van der Waals surface area (Å²) in [4.78, 5) is 29.5. The molecule has 2 atom stereocenters. The van der Waals surface area contributed by atoms with E-state index in [-0.39, 0.29) is 65.7 Å². The van der Waals surface area contributed by atoms with Gasteiger partial charge in [0.25, 0.3) is 11.8 Å². The van der Waals surface area contributed by atoms with Gasteiger partial charge in [-0.3, -0.25) is 24.1 Å². The van der Waals surface area contributed by atoms with Crippen LogP contribution in [0.2, 0.25) is 0 Å².